The number of ether oxygens (including phenoxy) is 1. The van der Waals surface area contributed by atoms with Gasteiger partial charge in [-0.15, -0.1) is 0 Å². The summed E-state index contributed by atoms with van der Waals surface area (Å²) in [7, 11) is 0. The Morgan fingerprint density at radius 2 is 1.90 bits per heavy atom. The number of carbonyl (C=O) groups is 1. The van der Waals surface area contributed by atoms with Crippen LogP contribution in [0.5, 0.6) is 0 Å². The van der Waals surface area contributed by atoms with Crippen molar-refractivity contribution in [2.45, 2.75) is 91.6 Å². The van der Waals surface area contributed by atoms with Crippen molar-refractivity contribution in [1.82, 2.24) is 0 Å². The Hall–Kier alpha value is -1.69. The lowest BCUT2D eigenvalue weighted by Crippen LogP contribution is -2.36. The van der Waals surface area contributed by atoms with Crippen LogP contribution >= 0.6 is 0 Å². The van der Waals surface area contributed by atoms with Crippen LogP contribution in [0.4, 0.5) is 0 Å². The number of aliphatic hydroxyl groups excluding tert-OH is 2. The van der Waals surface area contributed by atoms with Crippen LogP contribution in [0.1, 0.15) is 73.6 Å². The molecular formula is C24H38O5. The predicted octanol–water partition coefficient (Wildman–Crippen LogP) is 4.35. The van der Waals surface area contributed by atoms with Gasteiger partial charge in [0.15, 0.2) is 0 Å². The Kier molecular flexibility index (Phi) is 10.0. The van der Waals surface area contributed by atoms with Crippen LogP contribution in [0.15, 0.2) is 46.8 Å². The largest absolute Gasteiger partial charge is 0.458 e. The third-order valence-corrected chi connectivity index (χ3v) is 5.72. The molecule has 1 aliphatic heterocycles. The first-order valence-electron chi connectivity index (χ1n) is 10.6. The Morgan fingerprint density at radius 3 is 2.41 bits per heavy atom. The first-order valence-corrected chi connectivity index (χ1v) is 10.6. The minimum Gasteiger partial charge on any atom is -0.458 e. The van der Waals surface area contributed by atoms with Crippen LogP contribution in [0, 0.1) is 5.92 Å². The van der Waals surface area contributed by atoms with Crippen LogP contribution in [0.2, 0.25) is 0 Å². The molecule has 1 aliphatic rings. The van der Waals surface area contributed by atoms with Crippen LogP contribution in [-0.4, -0.2) is 39.1 Å². The van der Waals surface area contributed by atoms with Crippen molar-refractivity contribution < 1.29 is 24.9 Å². The number of allylic oxidation sites excluding steroid dienone is 4. The van der Waals surface area contributed by atoms with Crippen molar-refractivity contribution >= 4 is 5.78 Å². The first kappa shape index (κ1) is 25.3. The average Bonchev–Trinajstić information content (AvgIpc) is 2.92. The summed E-state index contributed by atoms with van der Waals surface area (Å²) in [6, 6.07) is 0. The molecule has 0 aromatic carbocycles. The molecule has 0 saturated carbocycles. The van der Waals surface area contributed by atoms with E-state index in [1.807, 2.05) is 45.1 Å². The number of rotatable bonds is 11. The number of ketones is 1. The zero-order chi connectivity index (χ0) is 22.2. The molecule has 0 radical (unpaired) electrons. The lowest BCUT2D eigenvalue weighted by Gasteiger charge is -2.21. The van der Waals surface area contributed by atoms with E-state index in [2.05, 4.69) is 6.92 Å². The van der Waals surface area contributed by atoms with Gasteiger partial charge in [-0.3, -0.25) is 4.79 Å². The van der Waals surface area contributed by atoms with Crippen molar-refractivity contribution in [2.24, 2.45) is 5.92 Å². The second kappa shape index (κ2) is 11.5. The Labute approximate surface area is 175 Å². The van der Waals surface area contributed by atoms with Crippen molar-refractivity contribution in [2.75, 3.05) is 0 Å². The van der Waals surface area contributed by atoms with E-state index in [0.717, 1.165) is 17.6 Å². The summed E-state index contributed by atoms with van der Waals surface area (Å²) in [5.74, 6) is -1.73. The molecule has 5 heteroatoms. The quantitative estimate of drug-likeness (QED) is 0.351. The van der Waals surface area contributed by atoms with Gasteiger partial charge in [0.2, 0.25) is 5.78 Å². The van der Waals surface area contributed by atoms with E-state index in [4.69, 9.17) is 4.74 Å². The molecule has 5 nitrogen and oxygen atoms in total. The first-order chi connectivity index (χ1) is 13.6. The number of aliphatic hydroxyl groups is 3. The maximum atomic E-state index is 12.1. The van der Waals surface area contributed by atoms with Gasteiger partial charge in [0.05, 0.1) is 12.2 Å². The minimum absolute atomic E-state index is 0.0742. The van der Waals surface area contributed by atoms with Gasteiger partial charge in [0.1, 0.15) is 5.76 Å². The summed E-state index contributed by atoms with van der Waals surface area (Å²) in [6.45, 7) is 11.2. The second-order valence-electron chi connectivity index (χ2n) is 7.96. The zero-order valence-electron chi connectivity index (χ0n) is 18.7. The number of hydrogen-bond acceptors (Lipinski definition) is 5. The summed E-state index contributed by atoms with van der Waals surface area (Å²) in [5, 5.41) is 30.8. The molecule has 0 amide bonds. The minimum atomic E-state index is -1.77. The Bertz CT molecular complexity index is 685. The average molecular weight is 407 g/mol. The zero-order valence-corrected chi connectivity index (χ0v) is 18.7. The number of Topliss-reactive ketones (excluding diaryl/α,β-unsaturated/α-hetero) is 1. The SMILES string of the molecule is C/C=C(\C)C(O)C(/C=C/C=C(\C)CCC(O)CC1=C(C)C(=O)C(O)(CC)O1)CC. The van der Waals surface area contributed by atoms with Crippen molar-refractivity contribution in [3.63, 3.8) is 0 Å². The lowest BCUT2D eigenvalue weighted by molar-refractivity contribution is -0.179. The molecule has 164 valence electrons. The molecule has 0 aliphatic carbocycles. The van der Waals surface area contributed by atoms with Crippen LogP contribution in [0.3, 0.4) is 0 Å². The molecule has 3 N–H and O–H groups in total. The van der Waals surface area contributed by atoms with Gasteiger partial charge in [-0.05, 0) is 52.5 Å². The number of hydrogen-bond donors (Lipinski definition) is 3. The van der Waals surface area contributed by atoms with Gasteiger partial charge in [0.25, 0.3) is 5.79 Å². The van der Waals surface area contributed by atoms with E-state index in [-0.39, 0.29) is 18.8 Å². The van der Waals surface area contributed by atoms with Gasteiger partial charge in [0, 0.05) is 24.3 Å². The number of carbonyl (C=O) groups excluding carboxylic acids is 1. The van der Waals surface area contributed by atoms with Crippen molar-refractivity contribution in [3.8, 4) is 0 Å². The molecule has 29 heavy (non-hydrogen) atoms. The molecule has 0 bridgehead atoms. The predicted molar refractivity (Wildman–Crippen MR) is 116 cm³/mol. The summed E-state index contributed by atoms with van der Waals surface area (Å²) in [6.07, 6.45) is 9.30. The van der Waals surface area contributed by atoms with Crippen molar-refractivity contribution in [1.29, 1.82) is 0 Å². The Morgan fingerprint density at radius 1 is 1.24 bits per heavy atom. The van der Waals surface area contributed by atoms with Gasteiger partial charge >= 0.3 is 0 Å². The third kappa shape index (κ3) is 6.95. The van der Waals surface area contributed by atoms with E-state index in [1.54, 1.807) is 13.8 Å². The topological polar surface area (TPSA) is 87.0 Å². The van der Waals surface area contributed by atoms with E-state index in [0.29, 0.717) is 24.2 Å². The fourth-order valence-corrected chi connectivity index (χ4v) is 3.30. The molecule has 4 unspecified atom stereocenters. The highest BCUT2D eigenvalue weighted by Crippen LogP contribution is 2.33. The molecule has 0 aromatic heterocycles. The standard InChI is InChI=1S/C24H38O5/c1-7-17(5)22(26)19(8-2)12-10-11-16(4)13-14-20(25)15-21-18(6)23(27)24(28,9-3)29-21/h7,10-12,19-20,22,25-26,28H,8-9,13-15H2,1-6H3/b12-10+,16-11+,17-7+. The molecule has 0 saturated heterocycles. The van der Waals surface area contributed by atoms with Gasteiger partial charge in [-0.2, -0.15) is 0 Å². The molecule has 0 fully saturated rings. The summed E-state index contributed by atoms with van der Waals surface area (Å²) >= 11 is 0. The second-order valence-corrected chi connectivity index (χ2v) is 7.96. The maximum absolute atomic E-state index is 12.1. The molecule has 1 rings (SSSR count). The lowest BCUT2D eigenvalue weighted by atomic mass is 9.93. The Balaban J connectivity index is 2.57. The monoisotopic (exact) mass is 406 g/mol. The highest BCUT2D eigenvalue weighted by Gasteiger charge is 2.45. The smallest absolute Gasteiger partial charge is 0.271 e. The summed E-state index contributed by atoms with van der Waals surface area (Å²) in [4.78, 5) is 12.1. The van der Waals surface area contributed by atoms with Gasteiger partial charge < -0.3 is 20.1 Å². The fourth-order valence-electron chi connectivity index (χ4n) is 3.30. The van der Waals surface area contributed by atoms with Crippen LogP contribution in [-0.2, 0) is 9.53 Å². The third-order valence-electron chi connectivity index (χ3n) is 5.72. The summed E-state index contributed by atoms with van der Waals surface area (Å²) in [5.41, 5.74) is 2.48. The van der Waals surface area contributed by atoms with E-state index in [1.165, 1.54) is 0 Å². The van der Waals surface area contributed by atoms with E-state index >= 15 is 0 Å². The van der Waals surface area contributed by atoms with E-state index < -0.39 is 23.8 Å². The van der Waals surface area contributed by atoms with E-state index in [9.17, 15) is 20.1 Å². The summed E-state index contributed by atoms with van der Waals surface area (Å²) < 4.78 is 5.43. The maximum Gasteiger partial charge on any atom is 0.271 e. The van der Waals surface area contributed by atoms with Crippen molar-refractivity contribution in [3.05, 3.63) is 46.8 Å². The highest BCUT2D eigenvalue weighted by molar-refractivity contribution is 6.02. The van der Waals surface area contributed by atoms with Gasteiger partial charge in [-0.1, -0.05) is 43.7 Å². The van der Waals surface area contributed by atoms with Crippen LogP contribution in [0.25, 0.3) is 0 Å². The fraction of sp³-hybridized carbons (Fsp3) is 0.625. The van der Waals surface area contributed by atoms with Gasteiger partial charge in [-0.25, -0.2) is 0 Å². The highest BCUT2D eigenvalue weighted by atomic mass is 16.6. The molecule has 4 atom stereocenters. The normalized spacial score (nSPS) is 24.2. The molecule has 0 spiro atoms. The molecular weight excluding hydrogens is 368 g/mol. The molecule has 1 heterocycles. The molecule has 0 aromatic rings. The van der Waals surface area contributed by atoms with Crippen LogP contribution < -0.4 is 0 Å².